The lowest BCUT2D eigenvalue weighted by Gasteiger charge is -2.30. The molecule has 0 aromatic heterocycles. The molecule has 162 valence electrons. The van der Waals surface area contributed by atoms with E-state index >= 15 is 0 Å². The van der Waals surface area contributed by atoms with Crippen LogP contribution in [0, 0.1) is 6.92 Å². The maximum Gasteiger partial charge on any atom is 0.243 e. The molecule has 0 spiro atoms. The molecule has 1 amide bonds. The second-order valence-electron chi connectivity index (χ2n) is 7.86. The summed E-state index contributed by atoms with van der Waals surface area (Å²) in [6, 6.07) is 13.7. The monoisotopic (exact) mass is 449 g/mol. The fraction of sp³-hybridized carbons (Fsp3) is 0.409. The molecule has 8 heteroatoms. The molecule has 1 fully saturated rings. The Bertz CT molecular complexity index is 954. The van der Waals surface area contributed by atoms with Gasteiger partial charge in [-0.2, -0.15) is 4.31 Å². The predicted molar refractivity (Wildman–Crippen MR) is 119 cm³/mol. The highest BCUT2D eigenvalue weighted by Crippen LogP contribution is 2.21. The topological polar surface area (TPSA) is 69.7 Å². The van der Waals surface area contributed by atoms with Crippen molar-refractivity contribution in [3.05, 3.63) is 64.7 Å². The van der Waals surface area contributed by atoms with Crippen LogP contribution < -0.4 is 5.32 Å². The first-order valence-electron chi connectivity index (χ1n) is 10.0. The number of halogens is 1. The Balaban J connectivity index is 1.78. The highest BCUT2D eigenvalue weighted by molar-refractivity contribution is 7.89. The van der Waals surface area contributed by atoms with E-state index in [4.69, 9.17) is 11.6 Å². The summed E-state index contributed by atoms with van der Waals surface area (Å²) in [4.78, 5) is 15.1. The van der Waals surface area contributed by atoms with Crippen molar-refractivity contribution in [2.45, 2.75) is 37.2 Å². The number of nitrogens with one attached hydrogen (secondary N) is 1. The van der Waals surface area contributed by atoms with Crippen LogP contribution in [0.4, 0.5) is 0 Å². The zero-order valence-electron chi connectivity index (χ0n) is 17.3. The smallest absolute Gasteiger partial charge is 0.243 e. The molecule has 6 nitrogen and oxygen atoms in total. The Labute approximate surface area is 183 Å². The molecule has 2 aromatic carbocycles. The summed E-state index contributed by atoms with van der Waals surface area (Å²) in [7, 11) is -1.81. The van der Waals surface area contributed by atoms with E-state index in [0.717, 1.165) is 37.1 Å². The molecule has 0 aliphatic carbocycles. The van der Waals surface area contributed by atoms with Gasteiger partial charge in [0.2, 0.25) is 15.9 Å². The second-order valence-corrected chi connectivity index (χ2v) is 10.2. The largest absolute Gasteiger partial charge is 0.352 e. The summed E-state index contributed by atoms with van der Waals surface area (Å²) in [5.74, 6) is -0.283. The van der Waals surface area contributed by atoms with Gasteiger partial charge in [-0.05, 0) is 69.7 Å². The number of aryl methyl sites for hydroxylation is 1. The molecule has 0 saturated carbocycles. The van der Waals surface area contributed by atoms with E-state index in [1.165, 1.54) is 28.6 Å². The number of benzene rings is 2. The van der Waals surface area contributed by atoms with E-state index in [1.54, 1.807) is 0 Å². The minimum absolute atomic E-state index is 0.0770. The standard InChI is InChI=1S/C22H28ClN3O3S/c1-17-3-5-18(6-4-17)15-26(30(28,29)21-9-7-19(23)8-10-21)16-22(27)24-20-11-13-25(2)14-12-20/h3-10,20H,11-16H2,1-2H3,(H,24,27). The van der Waals surface area contributed by atoms with Crippen molar-refractivity contribution in [3.8, 4) is 0 Å². The summed E-state index contributed by atoms with van der Waals surface area (Å²) >= 11 is 5.91. The molecule has 1 N–H and O–H groups in total. The van der Waals surface area contributed by atoms with Crippen LogP contribution in [0.25, 0.3) is 0 Å². The Kier molecular flexibility index (Phi) is 7.52. The number of rotatable bonds is 7. The van der Waals surface area contributed by atoms with Crippen molar-refractivity contribution in [1.82, 2.24) is 14.5 Å². The quantitative estimate of drug-likeness (QED) is 0.705. The molecular weight excluding hydrogens is 422 g/mol. The van der Waals surface area contributed by atoms with Gasteiger partial charge in [0.1, 0.15) is 0 Å². The molecule has 3 rings (SSSR count). The number of sulfonamides is 1. The first-order valence-corrected chi connectivity index (χ1v) is 11.8. The van der Waals surface area contributed by atoms with Gasteiger partial charge < -0.3 is 10.2 Å². The molecule has 2 aromatic rings. The van der Waals surface area contributed by atoms with E-state index in [-0.39, 0.29) is 29.9 Å². The lowest BCUT2D eigenvalue weighted by atomic mass is 10.1. The van der Waals surface area contributed by atoms with Gasteiger partial charge in [-0.3, -0.25) is 4.79 Å². The third-order valence-electron chi connectivity index (χ3n) is 5.33. The molecule has 0 radical (unpaired) electrons. The zero-order chi connectivity index (χ0) is 21.7. The summed E-state index contributed by atoms with van der Waals surface area (Å²) in [5, 5.41) is 3.46. The fourth-order valence-corrected chi connectivity index (χ4v) is 4.98. The number of piperidine rings is 1. The summed E-state index contributed by atoms with van der Waals surface area (Å²) in [5.41, 5.74) is 1.91. The zero-order valence-corrected chi connectivity index (χ0v) is 18.9. The highest BCUT2D eigenvalue weighted by atomic mass is 35.5. The van der Waals surface area contributed by atoms with Crippen LogP contribution in [0.1, 0.15) is 24.0 Å². The van der Waals surface area contributed by atoms with Gasteiger partial charge in [0.25, 0.3) is 0 Å². The van der Waals surface area contributed by atoms with Gasteiger partial charge in [-0.25, -0.2) is 8.42 Å². The van der Waals surface area contributed by atoms with Crippen molar-refractivity contribution < 1.29 is 13.2 Å². The summed E-state index contributed by atoms with van der Waals surface area (Å²) in [6.45, 7) is 3.69. The van der Waals surface area contributed by atoms with E-state index in [2.05, 4.69) is 17.3 Å². The van der Waals surface area contributed by atoms with Crippen molar-refractivity contribution in [2.24, 2.45) is 0 Å². The number of hydrogen-bond acceptors (Lipinski definition) is 4. The van der Waals surface area contributed by atoms with Crippen molar-refractivity contribution in [1.29, 1.82) is 0 Å². The first-order chi connectivity index (χ1) is 14.2. The van der Waals surface area contributed by atoms with Gasteiger partial charge in [0, 0.05) is 17.6 Å². The van der Waals surface area contributed by atoms with Crippen molar-refractivity contribution >= 4 is 27.5 Å². The van der Waals surface area contributed by atoms with Gasteiger partial charge in [0.05, 0.1) is 11.4 Å². The molecule has 30 heavy (non-hydrogen) atoms. The van der Waals surface area contributed by atoms with Crippen LogP contribution in [0.2, 0.25) is 5.02 Å². The number of carbonyl (C=O) groups excluding carboxylic acids is 1. The number of hydrogen-bond donors (Lipinski definition) is 1. The van der Waals surface area contributed by atoms with Crippen LogP contribution >= 0.6 is 11.6 Å². The van der Waals surface area contributed by atoms with Gasteiger partial charge in [-0.1, -0.05) is 41.4 Å². The van der Waals surface area contributed by atoms with Crippen LogP contribution in [-0.4, -0.2) is 56.3 Å². The Morgan fingerprint density at radius 1 is 1.10 bits per heavy atom. The average Bonchev–Trinajstić information content (AvgIpc) is 2.71. The lowest BCUT2D eigenvalue weighted by Crippen LogP contribution is -2.47. The molecule has 0 unspecified atom stereocenters. The maximum atomic E-state index is 13.3. The van der Waals surface area contributed by atoms with Gasteiger partial charge in [0.15, 0.2) is 0 Å². The van der Waals surface area contributed by atoms with Crippen molar-refractivity contribution in [2.75, 3.05) is 26.7 Å². The Morgan fingerprint density at radius 2 is 1.70 bits per heavy atom. The SMILES string of the molecule is Cc1ccc(CN(CC(=O)NC2CCN(C)CC2)S(=O)(=O)c2ccc(Cl)cc2)cc1. The van der Waals surface area contributed by atoms with Crippen LogP contribution in [0.3, 0.4) is 0 Å². The molecule has 1 saturated heterocycles. The minimum atomic E-state index is -3.87. The highest BCUT2D eigenvalue weighted by Gasteiger charge is 2.28. The predicted octanol–water partition coefficient (Wildman–Crippen LogP) is 3.05. The van der Waals surface area contributed by atoms with E-state index in [0.29, 0.717) is 5.02 Å². The number of carbonyl (C=O) groups is 1. The minimum Gasteiger partial charge on any atom is -0.352 e. The maximum absolute atomic E-state index is 13.3. The van der Waals surface area contributed by atoms with E-state index in [1.807, 2.05) is 31.2 Å². The van der Waals surface area contributed by atoms with E-state index in [9.17, 15) is 13.2 Å². The van der Waals surface area contributed by atoms with Crippen LogP contribution in [0.5, 0.6) is 0 Å². The van der Waals surface area contributed by atoms with Crippen LogP contribution in [-0.2, 0) is 21.4 Å². The molecule has 1 aliphatic heterocycles. The third-order valence-corrected chi connectivity index (χ3v) is 7.39. The van der Waals surface area contributed by atoms with Gasteiger partial charge in [-0.15, -0.1) is 0 Å². The number of nitrogens with zero attached hydrogens (tertiary/aromatic N) is 2. The second kappa shape index (κ2) is 9.92. The van der Waals surface area contributed by atoms with Crippen molar-refractivity contribution in [3.63, 3.8) is 0 Å². The molecular formula is C22H28ClN3O3S. The molecule has 0 atom stereocenters. The summed E-state index contributed by atoms with van der Waals surface area (Å²) < 4.78 is 27.8. The lowest BCUT2D eigenvalue weighted by molar-refractivity contribution is -0.122. The fourth-order valence-electron chi connectivity index (χ4n) is 3.47. The Morgan fingerprint density at radius 3 is 2.30 bits per heavy atom. The normalized spacial score (nSPS) is 16.0. The van der Waals surface area contributed by atoms with Gasteiger partial charge >= 0.3 is 0 Å². The van der Waals surface area contributed by atoms with E-state index < -0.39 is 10.0 Å². The molecule has 1 aliphatic rings. The first kappa shape index (κ1) is 22.7. The Hall–Kier alpha value is -1.93. The molecule has 0 bridgehead atoms. The third kappa shape index (κ3) is 6.04. The summed E-state index contributed by atoms with van der Waals surface area (Å²) in [6.07, 6.45) is 1.73. The van der Waals surface area contributed by atoms with Crippen LogP contribution in [0.15, 0.2) is 53.4 Å². The number of amides is 1. The number of likely N-dealkylation sites (tertiary alicyclic amines) is 1. The average molecular weight is 450 g/mol. The molecule has 1 heterocycles.